The normalized spacial score (nSPS) is 18.1. The summed E-state index contributed by atoms with van der Waals surface area (Å²) < 4.78 is 11.0. The molecule has 0 radical (unpaired) electrons. The monoisotopic (exact) mass is 254 g/mol. The average Bonchev–Trinajstić information content (AvgIpc) is 2.71. The Morgan fingerprint density at radius 1 is 1.56 bits per heavy atom. The highest BCUT2D eigenvalue weighted by molar-refractivity contribution is 5.94. The van der Waals surface area contributed by atoms with E-state index in [4.69, 9.17) is 4.74 Å². The van der Waals surface area contributed by atoms with Crippen LogP contribution in [0.4, 0.5) is 5.95 Å². The van der Waals surface area contributed by atoms with E-state index < -0.39 is 11.9 Å². The van der Waals surface area contributed by atoms with Crippen molar-refractivity contribution >= 4 is 17.8 Å². The summed E-state index contributed by atoms with van der Waals surface area (Å²) in [5.74, 6) is -0.276. The first kappa shape index (κ1) is 12.5. The number of carbonyl (C=O) groups is 2. The van der Waals surface area contributed by atoms with Gasteiger partial charge < -0.3 is 9.47 Å². The maximum absolute atomic E-state index is 11.7. The van der Waals surface area contributed by atoms with Gasteiger partial charge in [0.15, 0.2) is 5.82 Å². The molecule has 0 aromatic carbocycles. The highest BCUT2D eigenvalue weighted by Crippen LogP contribution is 2.19. The Balaban J connectivity index is 2.11. The van der Waals surface area contributed by atoms with Gasteiger partial charge in [-0.15, -0.1) is 0 Å². The standard InChI is InChI=1S/C10H14N4O4/c1-17-5-7-11-10-12-9(16)6(3-8(15)18-2)4-14(10)13-7/h6H,3-5H2,1-2H3,(H,11,12,13,16). The first-order valence-corrected chi connectivity index (χ1v) is 5.44. The van der Waals surface area contributed by atoms with Crippen molar-refractivity contribution in [2.75, 3.05) is 19.5 Å². The number of fused-ring (bicyclic) bond motifs is 1. The van der Waals surface area contributed by atoms with E-state index >= 15 is 0 Å². The number of nitrogens with zero attached hydrogens (tertiary/aromatic N) is 3. The second-order valence-corrected chi connectivity index (χ2v) is 3.93. The quantitative estimate of drug-likeness (QED) is 0.731. The number of ether oxygens (including phenoxy) is 2. The van der Waals surface area contributed by atoms with Crippen LogP contribution in [0.2, 0.25) is 0 Å². The fourth-order valence-electron chi connectivity index (χ4n) is 1.74. The van der Waals surface area contributed by atoms with Crippen molar-refractivity contribution in [3.63, 3.8) is 0 Å². The van der Waals surface area contributed by atoms with E-state index in [0.717, 1.165) is 0 Å². The molecule has 18 heavy (non-hydrogen) atoms. The fourth-order valence-corrected chi connectivity index (χ4v) is 1.74. The van der Waals surface area contributed by atoms with Crippen LogP contribution < -0.4 is 5.32 Å². The second-order valence-electron chi connectivity index (χ2n) is 3.93. The number of aromatic nitrogens is 3. The lowest BCUT2D eigenvalue weighted by molar-refractivity contribution is -0.143. The number of carbonyl (C=O) groups excluding carboxylic acids is 2. The lowest BCUT2D eigenvalue weighted by atomic mass is 10.0. The molecule has 2 rings (SSSR count). The van der Waals surface area contributed by atoms with Gasteiger partial charge in [-0.2, -0.15) is 10.1 Å². The molecule has 0 fully saturated rings. The Morgan fingerprint density at radius 2 is 2.33 bits per heavy atom. The summed E-state index contributed by atoms with van der Waals surface area (Å²) in [6.45, 7) is 0.588. The van der Waals surface area contributed by atoms with Crippen molar-refractivity contribution in [3.05, 3.63) is 5.82 Å². The van der Waals surface area contributed by atoms with E-state index in [2.05, 4.69) is 20.1 Å². The number of hydrogen-bond acceptors (Lipinski definition) is 6. The molecule has 0 bridgehead atoms. The smallest absolute Gasteiger partial charge is 0.306 e. The fraction of sp³-hybridized carbons (Fsp3) is 0.600. The number of hydrogen-bond donors (Lipinski definition) is 1. The Morgan fingerprint density at radius 3 is 3.00 bits per heavy atom. The Kier molecular flexibility index (Phi) is 3.56. The van der Waals surface area contributed by atoms with Gasteiger partial charge in [-0.05, 0) is 0 Å². The van der Waals surface area contributed by atoms with Gasteiger partial charge in [-0.3, -0.25) is 14.9 Å². The van der Waals surface area contributed by atoms with Gasteiger partial charge >= 0.3 is 5.97 Å². The van der Waals surface area contributed by atoms with Gasteiger partial charge in [0.05, 0.1) is 26.0 Å². The van der Waals surface area contributed by atoms with E-state index in [0.29, 0.717) is 18.3 Å². The minimum Gasteiger partial charge on any atom is -0.469 e. The number of anilines is 1. The van der Waals surface area contributed by atoms with E-state index in [9.17, 15) is 9.59 Å². The van der Waals surface area contributed by atoms with Gasteiger partial charge in [0.1, 0.15) is 6.61 Å². The molecule has 0 spiro atoms. The molecule has 1 atom stereocenters. The number of methoxy groups -OCH3 is 2. The van der Waals surface area contributed by atoms with Gasteiger partial charge in [-0.25, -0.2) is 4.68 Å². The molecular formula is C10H14N4O4. The van der Waals surface area contributed by atoms with Crippen LogP contribution in [0.3, 0.4) is 0 Å². The summed E-state index contributed by atoms with van der Waals surface area (Å²) in [5.41, 5.74) is 0. The van der Waals surface area contributed by atoms with Gasteiger partial charge in [0.25, 0.3) is 0 Å². The van der Waals surface area contributed by atoms with Crippen LogP contribution in [0.15, 0.2) is 0 Å². The van der Waals surface area contributed by atoms with E-state index in [1.807, 2.05) is 0 Å². The molecule has 1 unspecified atom stereocenters. The Hall–Kier alpha value is -1.96. The van der Waals surface area contributed by atoms with E-state index in [1.165, 1.54) is 7.11 Å². The van der Waals surface area contributed by atoms with Crippen LogP contribution in [0, 0.1) is 5.92 Å². The molecule has 1 N–H and O–H groups in total. The number of esters is 1. The zero-order valence-corrected chi connectivity index (χ0v) is 10.2. The van der Waals surface area contributed by atoms with Crippen LogP contribution in [0.5, 0.6) is 0 Å². The molecule has 0 saturated heterocycles. The Bertz CT molecular complexity index is 470. The molecule has 2 heterocycles. The van der Waals surface area contributed by atoms with Crippen molar-refractivity contribution < 1.29 is 19.1 Å². The minimum absolute atomic E-state index is 0.0290. The predicted octanol–water partition coefficient (Wildman–Crippen LogP) is -0.444. The molecule has 0 saturated carbocycles. The molecule has 1 aliphatic heterocycles. The number of nitrogens with one attached hydrogen (secondary N) is 1. The summed E-state index contributed by atoms with van der Waals surface area (Å²) >= 11 is 0. The molecule has 1 amide bonds. The largest absolute Gasteiger partial charge is 0.469 e. The molecular weight excluding hydrogens is 240 g/mol. The molecule has 1 aromatic rings. The zero-order chi connectivity index (χ0) is 13.1. The van der Waals surface area contributed by atoms with Crippen LogP contribution in [0.1, 0.15) is 12.2 Å². The first-order valence-electron chi connectivity index (χ1n) is 5.44. The van der Waals surface area contributed by atoms with Gasteiger partial charge in [0.2, 0.25) is 11.9 Å². The van der Waals surface area contributed by atoms with E-state index in [1.54, 1.807) is 11.8 Å². The summed E-state index contributed by atoms with van der Waals surface area (Å²) in [7, 11) is 2.83. The lowest BCUT2D eigenvalue weighted by Gasteiger charge is -2.20. The number of rotatable bonds is 4. The molecule has 0 aliphatic carbocycles. The summed E-state index contributed by atoms with van der Waals surface area (Å²) in [6, 6.07) is 0. The van der Waals surface area contributed by atoms with Crippen molar-refractivity contribution in [3.8, 4) is 0 Å². The molecule has 98 valence electrons. The third-order valence-electron chi connectivity index (χ3n) is 2.63. The second kappa shape index (κ2) is 5.13. The average molecular weight is 254 g/mol. The third kappa shape index (κ3) is 2.48. The first-order chi connectivity index (χ1) is 8.63. The summed E-state index contributed by atoms with van der Waals surface area (Å²) in [4.78, 5) is 27.0. The summed E-state index contributed by atoms with van der Waals surface area (Å²) in [6.07, 6.45) is 0.0290. The molecule has 1 aliphatic rings. The Labute approximate surface area is 103 Å². The third-order valence-corrected chi connectivity index (χ3v) is 2.63. The SMILES string of the molecule is COCc1nc2n(n1)CC(CC(=O)OC)C(=O)N2. The zero-order valence-electron chi connectivity index (χ0n) is 10.2. The molecule has 1 aromatic heterocycles. The van der Waals surface area contributed by atoms with Crippen molar-refractivity contribution in [1.29, 1.82) is 0 Å². The van der Waals surface area contributed by atoms with Gasteiger partial charge in [0, 0.05) is 7.11 Å². The maximum Gasteiger partial charge on any atom is 0.306 e. The van der Waals surface area contributed by atoms with Crippen molar-refractivity contribution in [2.24, 2.45) is 5.92 Å². The predicted molar refractivity (Wildman–Crippen MR) is 59.5 cm³/mol. The highest BCUT2D eigenvalue weighted by atomic mass is 16.5. The van der Waals surface area contributed by atoms with Crippen LogP contribution in [-0.4, -0.2) is 40.9 Å². The van der Waals surface area contributed by atoms with E-state index in [-0.39, 0.29) is 18.9 Å². The lowest BCUT2D eigenvalue weighted by Crippen LogP contribution is -2.35. The molecule has 8 nitrogen and oxygen atoms in total. The topological polar surface area (TPSA) is 95.3 Å². The summed E-state index contributed by atoms with van der Waals surface area (Å²) in [5, 5.41) is 6.78. The van der Waals surface area contributed by atoms with Crippen molar-refractivity contribution in [2.45, 2.75) is 19.6 Å². The van der Waals surface area contributed by atoms with Crippen LogP contribution in [0.25, 0.3) is 0 Å². The highest BCUT2D eigenvalue weighted by Gasteiger charge is 2.30. The van der Waals surface area contributed by atoms with Crippen molar-refractivity contribution in [1.82, 2.24) is 14.8 Å². The number of amides is 1. The molecule has 8 heteroatoms. The van der Waals surface area contributed by atoms with Crippen LogP contribution in [-0.2, 0) is 32.2 Å². The van der Waals surface area contributed by atoms with Crippen LogP contribution >= 0.6 is 0 Å². The maximum atomic E-state index is 11.7. The van der Waals surface area contributed by atoms with Gasteiger partial charge in [-0.1, -0.05) is 0 Å². The minimum atomic E-state index is -0.484.